The maximum Gasteiger partial charge on any atom is 0.328 e. The van der Waals surface area contributed by atoms with Crippen LogP contribution in [0, 0.1) is 5.92 Å². The van der Waals surface area contributed by atoms with E-state index >= 15 is 0 Å². The zero-order chi connectivity index (χ0) is 33.0. The lowest BCUT2D eigenvalue weighted by Crippen LogP contribution is -2.59. The van der Waals surface area contributed by atoms with Crippen molar-refractivity contribution in [2.75, 3.05) is 26.2 Å². The van der Waals surface area contributed by atoms with E-state index in [0.717, 1.165) is 6.33 Å². The number of aliphatic hydroxyl groups is 1. The molecule has 0 aliphatic heterocycles. The van der Waals surface area contributed by atoms with Gasteiger partial charge in [-0.05, 0) is 26.2 Å². The number of aliphatic hydroxyl groups excluding tert-OH is 1. The number of nitrogens with zero attached hydrogens (tertiary/aromatic N) is 2. The number of halogens is 1. The van der Waals surface area contributed by atoms with E-state index in [2.05, 4.69) is 52.3 Å². The van der Waals surface area contributed by atoms with Crippen molar-refractivity contribution < 1.29 is 44.7 Å². The molecule has 2 aromatic heterocycles. The summed E-state index contributed by atoms with van der Waals surface area (Å²) in [4.78, 5) is 87.4. The summed E-state index contributed by atoms with van der Waals surface area (Å²) in [6, 6.07) is -3.22. The van der Waals surface area contributed by atoms with Crippen molar-refractivity contribution in [2.24, 2.45) is 5.92 Å². The Morgan fingerprint density at radius 1 is 0.844 bits per heavy atom. The smallest absolute Gasteiger partial charge is 0.328 e. The molecule has 0 fully saturated rings. The Kier molecular flexibility index (Phi) is 15.8. The first-order valence-electron chi connectivity index (χ1n) is 13.9. The minimum Gasteiger partial charge on any atom is -0.480 e. The topological polar surface area (TPSA) is 288 Å². The van der Waals surface area contributed by atoms with Gasteiger partial charge in [0.05, 0.1) is 44.4 Å². The molecule has 2 aromatic rings. The highest BCUT2D eigenvalue weighted by atomic mass is 35.5. The number of rotatable bonds is 18. The number of ketones is 1. The van der Waals surface area contributed by atoms with E-state index in [0.29, 0.717) is 13.0 Å². The van der Waals surface area contributed by atoms with Gasteiger partial charge in [-0.15, -0.1) is 12.4 Å². The van der Waals surface area contributed by atoms with Gasteiger partial charge >= 0.3 is 5.97 Å². The third kappa shape index (κ3) is 11.6. The molecule has 0 saturated carbocycles. The second-order valence-electron chi connectivity index (χ2n) is 10.6. The van der Waals surface area contributed by atoms with Crippen molar-refractivity contribution in [2.45, 2.75) is 58.3 Å². The number of imidazole rings is 2. The fraction of sp³-hybridized carbons (Fsp3) is 0.538. The molecule has 0 radical (unpaired) electrons. The van der Waals surface area contributed by atoms with Crippen LogP contribution < -0.4 is 32.3 Å². The Morgan fingerprint density at radius 3 is 1.87 bits per heavy atom. The number of hydrogen-bond donors (Lipinski definition) is 10. The molecule has 0 aliphatic carbocycles. The summed E-state index contributed by atoms with van der Waals surface area (Å²) in [5.74, 6) is -4.58. The molecule has 19 heteroatoms. The van der Waals surface area contributed by atoms with Crippen LogP contribution in [-0.4, -0.2) is 116 Å². The molecule has 2 rings (SSSR count). The van der Waals surface area contributed by atoms with E-state index in [1.807, 2.05) is 13.8 Å². The number of aromatic nitrogens is 4. The van der Waals surface area contributed by atoms with Crippen LogP contribution in [0.5, 0.6) is 0 Å². The van der Waals surface area contributed by atoms with Crippen molar-refractivity contribution in [3.63, 3.8) is 0 Å². The first kappa shape index (κ1) is 38.6. The molecule has 250 valence electrons. The van der Waals surface area contributed by atoms with Crippen LogP contribution in [0.2, 0.25) is 0 Å². The SMILES string of the molecule is CC(C)C[C@@H](CNCC(=O)[C@H](C)NC(=O)c1[nH]cnc1C(=O)N[C@@H](C)C[NH3+])NC(=O)c1nc[nH]c1C(=O)N[C@@H](CO)C(=O)O.Cl. The molecule has 4 amide bonds. The predicted octanol–water partition coefficient (Wildman–Crippen LogP) is -2.79. The summed E-state index contributed by atoms with van der Waals surface area (Å²) in [5.41, 5.74) is 2.94. The molecule has 0 aromatic carbocycles. The highest BCUT2D eigenvalue weighted by Gasteiger charge is 2.27. The maximum atomic E-state index is 13.0. The number of carbonyl (C=O) groups is 6. The Morgan fingerprint density at radius 2 is 1.38 bits per heavy atom. The fourth-order valence-electron chi connectivity index (χ4n) is 3.95. The van der Waals surface area contributed by atoms with Crippen molar-refractivity contribution in [3.8, 4) is 0 Å². The van der Waals surface area contributed by atoms with Crippen LogP contribution in [-0.2, 0) is 9.59 Å². The van der Waals surface area contributed by atoms with Crippen molar-refractivity contribution in [1.82, 2.24) is 46.5 Å². The molecule has 45 heavy (non-hydrogen) atoms. The third-order valence-electron chi connectivity index (χ3n) is 6.37. The van der Waals surface area contributed by atoms with Gasteiger partial charge in [0, 0.05) is 12.6 Å². The largest absolute Gasteiger partial charge is 0.480 e. The summed E-state index contributed by atoms with van der Waals surface area (Å²) in [5, 5.41) is 31.3. The van der Waals surface area contributed by atoms with Gasteiger partial charge in [-0.3, -0.25) is 24.0 Å². The minimum absolute atomic E-state index is 0. The number of nitrogens with one attached hydrogen (secondary N) is 7. The lowest BCUT2D eigenvalue weighted by molar-refractivity contribution is -0.371. The monoisotopic (exact) mass is 657 g/mol. The molecule has 12 N–H and O–H groups in total. The van der Waals surface area contributed by atoms with Crippen LogP contribution in [0.15, 0.2) is 12.7 Å². The molecule has 4 atom stereocenters. The molecule has 0 spiro atoms. The van der Waals surface area contributed by atoms with E-state index < -0.39 is 54.3 Å². The van der Waals surface area contributed by atoms with Gasteiger partial charge in [-0.2, -0.15) is 0 Å². The van der Waals surface area contributed by atoms with E-state index in [4.69, 9.17) is 10.2 Å². The minimum atomic E-state index is -1.57. The summed E-state index contributed by atoms with van der Waals surface area (Å²) in [7, 11) is 0. The van der Waals surface area contributed by atoms with Crippen LogP contribution >= 0.6 is 12.4 Å². The number of H-pyrrole nitrogens is 2. The summed E-state index contributed by atoms with van der Waals surface area (Å²) >= 11 is 0. The molecule has 2 heterocycles. The van der Waals surface area contributed by atoms with E-state index in [1.165, 1.54) is 13.3 Å². The van der Waals surface area contributed by atoms with Gasteiger partial charge in [0.2, 0.25) is 0 Å². The number of amides is 4. The first-order chi connectivity index (χ1) is 20.8. The van der Waals surface area contributed by atoms with Gasteiger partial charge in [-0.1, -0.05) is 13.8 Å². The number of hydrogen-bond acceptors (Lipinski definition) is 10. The predicted molar refractivity (Wildman–Crippen MR) is 161 cm³/mol. The molecule has 18 nitrogen and oxygen atoms in total. The summed E-state index contributed by atoms with van der Waals surface area (Å²) < 4.78 is 0. The van der Waals surface area contributed by atoms with Crippen LogP contribution in [0.25, 0.3) is 0 Å². The fourth-order valence-corrected chi connectivity index (χ4v) is 3.95. The molecule has 0 bridgehead atoms. The average molecular weight is 658 g/mol. The van der Waals surface area contributed by atoms with Gasteiger partial charge in [-0.25, -0.2) is 14.8 Å². The molecule has 0 unspecified atom stereocenters. The Hall–Kier alpha value is -4.39. The molecular formula is C26H42ClN10O8+. The molecular weight excluding hydrogens is 616 g/mol. The van der Waals surface area contributed by atoms with Gasteiger partial charge in [0.25, 0.3) is 23.6 Å². The molecule has 0 aliphatic rings. The van der Waals surface area contributed by atoms with Crippen LogP contribution in [0.4, 0.5) is 0 Å². The number of quaternary nitrogens is 1. The lowest BCUT2D eigenvalue weighted by atomic mass is 10.0. The number of aliphatic carboxylic acids is 1. The van der Waals surface area contributed by atoms with E-state index in [9.17, 15) is 28.8 Å². The molecule has 0 saturated heterocycles. The second-order valence-corrected chi connectivity index (χ2v) is 10.6. The summed E-state index contributed by atoms with van der Waals surface area (Å²) in [6.07, 6.45) is 2.80. The van der Waals surface area contributed by atoms with E-state index in [1.54, 1.807) is 6.92 Å². The van der Waals surface area contributed by atoms with Crippen molar-refractivity contribution in [1.29, 1.82) is 0 Å². The maximum absolute atomic E-state index is 13.0. The van der Waals surface area contributed by atoms with E-state index in [-0.39, 0.29) is 66.0 Å². The zero-order valence-electron chi connectivity index (χ0n) is 25.4. The van der Waals surface area contributed by atoms with Gasteiger partial charge in [0.15, 0.2) is 23.2 Å². The van der Waals surface area contributed by atoms with Crippen LogP contribution in [0.1, 0.15) is 76.1 Å². The number of Topliss-reactive ketones (excluding diaryl/α,β-unsaturated/α-hetero) is 1. The standard InChI is InChI=1S/C26H40N10O8.ClH/c1-12(2)5-15(35-24(41)20-21(32-11-31-20)25(42)36-16(9-37)26(43)44)7-28-8-17(38)14(4)34-23(40)19-18(29-10-30-19)22(39)33-13(3)6-27;/h10-16,28,37H,5-9,27H2,1-4H3,(H,29,30)(H,31,32)(H,33,39)(H,34,40)(H,35,41)(H,36,42)(H,43,44);1H/p+1/t13-,14-,15-,16-;/m0./s1. The number of carboxylic acid groups (broad SMARTS) is 1. The number of carbonyl (C=O) groups excluding carboxylic acids is 5. The number of aromatic amines is 2. The average Bonchev–Trinajstić information content (AvgIpc) is 3.65. The van der Waals surface area contributed by atoms with Crippen molar-refractivity contribution in [3.05, 3.63) is 35.4 Å². The van der Waals surface area contributed by atoms with Gasteiger partial charge in [0.1, 0.15) is 11.4 Å². The lowest BCUT2D eigenvalue weighted by Gasteiger charge is -2.21. The summed E-state index contributed by atoms with van der Waals surface area (Å²) in [6.45, 7) is 6.71. The highest BCUT2D eigenvalue weighted by molar-refractivity contribution is 6.06. The Labute approximate surface area is 264 Å². The Balaban J connectivity index is 0.0000101. The van der Waals surface area contributed by atoms with Gasteiger partial charge < -0.3 is 52.5 Å². The number of carboxylic acids is 1. The van der Waals surface area contributed by atoms with Crippen LogP contribution in [0.3, 0.4) is 0 Å². The Bertz CT molecular complexity index is 1330. The highest BCUT2D eigenvalue weighted by Crippen LogP contribution is 2.09. The van der Waals surface area contributed by atoms with Crippen molar-refractivity contribution >= 4 is 47.8 Å². The third-order valence-corrected chi connectivity index (χ3v) is 6.37. The normalized spacial score (nSPS) is 13.5. The quantitative estimate of drug-likeness (QED) is 0.0781. The zero-order valence-corrected chi connectivity index (χ0v) is 26.2. The first-order valence-corrected chi connectivity index (χ1v) is 13.9. The second kappa shape index (κ2) is 18.4.